The summed E-state index contributed by atoms with van der Waals surface area (Å²) in [5.41, 5.74) is 2.03. The molecule has 0 aliphatic heterocycles. The molecule has 0 aliphatic carbocycles. The molecule has 0 saturated carbocycles. The van der Waals surface area contributed by atoms with Crippen LogP contribution in [0, 0.1) is 5.82 Å². The number of rotatable bonds is 4. The van der Waals surface area contributed by atoms with Crippen LogP contribution < -0.4 is 10.6 Å². The largest absolute Gasteiger partial charge is 0.322 e. The highest BCUT2D eigenvalue weighted by Gasteiger charge is 2.12. The van der Waals surface area contributed by atoms with Crippen molar-refractivity contribution >= 4 is 55.8 Å². The molecule has 1 heterocycles. The van der Waals surface area contributed by atoms with Gasteiger partial charge in [0.25, 0.3) is 11.8 Å². The Morgan fingerprint density at radius 1 is 0.897 bits per heavy atom. The zero-order valence-corrected chi connectivity index (χ0v) is 16.4. The Labute approximate surface area is 174 Å². The number of amides is 2. The first-order valence-electron chi connectivity index (χ1n) is 8.53. The number of benzene rings is 3. The molecule has 1 aromatic heterocycles. The van der Waals surface area contributed by atoms with Crippen molar-refractivity contribution in [2.24, 2.45) is 0 Å². The van der Waals surface area contributed by atoms with Gasteiger partial charge < -0.3 is 5.32 Å². The van der Waals surface area contributed by atoms with Gasteiger partial charge in [-0.3, -0.25) is 14.9 Å². The monoisotopic (exact) mass is 425 g/mol. The highest BCUT2D eigenvalue weighted by Crippen LogP contribution is 2.29. The predicted octanol–water partition coefficient (Wildman–Crippen LogP) is 5.59. The first kappa shape index (κ1) is 19.0. The number of carbonyl (C=O) groups excluding carboxylic acids is 2. The van der Waals surface area contributed by atoms with E-state index in [4.69, 9.17) is 11.6 Å². The molecule has 8 heteroatoms. The Morgan fingerprint density at radius 2 is 1.66 bits per heavy atom. The van der Waals surface area contributed by atoms with Gasteiger partial charge in [0.15, 0.2) is 5.13 Å². The highest BCUT2D eigenvalue weighted by atomic mass is 35.5. The third-order valence-corrected chi connectivity index (χ3v) is 5.31. The molecule has 0 atom stereocenters. The Morgan fingerprint density at radius 3 is 2.41 bits per heavy atom. The van der Waals surface area contributed by atoms with Crippen LogP contribution in [0.1, 0.15) is 20.7 Å². The molecule has 5 nitrogen and oxygen atoms in total. The summed E-state index contributed by atoms with van der Waals surface area (Å²) in [4.78, 5) is 29.0. The first-order valence-corrected chi connectivity index (χ1v) is 9.72. The second-order valence-electron chi connectivity index (χ2n) is 6.10. The number of thiazole rings is 1. The quantitative estimate of drug-likeness (QED) is 0.447. The molecule has 3 aromatic carbocycles. The maximum Gasteiger partial charge on any atom is 0.257 e. The van der Waals surface area contributed by atoms with E-state index in [0.29, 0.717) is 21.9 Å². The maximum atomic E-state index is 13.3. The van der Waals surface area contributed by atoms with Gasteiger partial charge in [-0.25, -0.2) is 9.37 Å². The number of anilines is 2. The fraction of sp³-hybridized carbons (Fsp3) is 0. The average Bonchev–Trinajstić information content (AvgIpc) is 3.12. The third kappa shape index (κ3) is 4.26. The number of aromatic nitrogens is 1. The van der Waals surface area contributed by atoms with Crippen LogP contribution in [0.25, 0.3) is 10.2 Å². The standard InChI is InChI=1S/C21H13ClFN3O2S/c22-15-10-13(6-8-16(15)23)20(28)24-14-7-9-17-18(11-14)29-21(25-17)26-19(27)12-4-2-1-3-5-12/h1-11H,(H,24,28)(H,25,26,27). The van der Waals surface area contributed by atoms with Gasteiger partial charge in [0.2, 0.25) is 0 Å². The summed E-state index contributed by atoms with van der Waals surface area (Å²) in [6.45, 7) is 0. The van der Waals surface area contributed by atoms with Crippen molar-refractivity contribution in [1.29, 1.82) is 0 Å². The van der Waals surface area contributed by atoms with Gasteiger partial charge >= 0.3 is 0 Å². The molecule has 0 spiro atoms. The zero-order valence-electron chi connectivity index (χ0n) is 14.8. The number of halogens is 2. The van der Waals surface area contributed by atoms with Gasteiger partial charge in [0.05, 0.1) is 15.2 Å². The van der Waals surface area contributed by atoms with Gasteiger partial charge in [0.1, 0.15) is 5.82 Å². The van der Waals surface area contributed by atoms with Crippen molar-refractivity contribution in [3.63, 3.8) is 0 Å². The summed E-state index contributed by atoms with van der Waals surface area (Å²) in [7, 11) is 0. The molecule has 2 N–H and O–H groups in total. The fourth-order valence-corrected chi connectivity index (χ4v) is 3.74. The summed E-state index contributed by atoms with van der Waals surface area (Å²) >= 11 is 7.03. The van der Waals surface area contributed by atoms with E-state index in [0.717, 1.165) is 10.8 Å². The Bertz CT molecular complexity index is 1230. The summed E-state index contributed by atoms with van der Waals surface area (Å²) in [6.07, 6.45) is 0. The molecule has 4 rings (SSSR count). The van der Waals surface area contributed by atoms with Gasteiger partial charge in [-0.1, -0.05) is 41.1 Å². The van der Waals surface area contributed by atoms with Crippen LogP contribution in [-0.2, 0) is 0 Å². The normalized spacial score (nSPS) is 10.7. The zero-order chi connectivity index (χ0) is 20.4. The lowest BCUT2D eigenvalue weighted by atomic mass is 10.2. The Hall–Kier alpha value is -3.29. The molecule has 4 aromatic rings. The van der Waals surface area contributed by atoms with E-state index in [1.54, 1.807) is 42.5 Å². The van der Waals surface area contributed by atoms with Crippen LogP contribution in [0.3, 0.4) is 0 Å². The van der Waals surface area contributed by atoms with Crippen molar-refractivity contribution in [3.05, 3.63) is 88.7 Å². The van der Waals surface area contributed by atoms with Crippen LogP contribution in [0.4, 0.5) is 15.2 Å². The lowest BCUT2D eigenvalue weighted by molar-refractivity contribution is 0.101. The molecule has 0 saturated heterocycles. The topological polar surface area (TPSA) is 71.1 Å². The molecule has 0 radical (unpaired) electrons. The number of nitrogens with zero attached hydrogens (tertiary/aromatic N) is 1. The van der Waals surface area contributed by atoms with Crippen molar-refractivity contribution in [3.8, 4) is 0 Å². The molecule has 0 bridgehead atoms. The summed E-state index contributed by atoms with van der Waals surface area (Å²) < 4.78 is 14.1. The Kier molecular flexibility index (Phi) is 5.24. The van der Waals surface area contributed by atoms with E-state index >= 15 is 0 Å². The van der Waals surface area contributed by atoms with Crippen LogP contribution >= 0.6 is 22.9 Å². The number of fused-ring (bicyclic) bond motifs is 1. The number of hydrogen-bond donors (Lipinski definition) is 2. The van der Waals surface area contributed by atoms with Crippen molar-refractivity contribution in [2.45, 2.75) is 0 Å². The minimum Gasteiger partial charge on any atom is -0.322 e. The van der Waals surface area contributed by atoms with Crippen LogP contribution in [0.15, 0.2) is 66.7 Å². The lowest BCUT2D eigenvalue weighted by Gasteiger charge is -2.06. The SMILES string of the molecule is O=C(Nc1ccc2nc(NC(=O)c3ccccc3)sc2c1)c1ccc(F)c(Cl)c1. The molecule has 2 amide bonds. The number of hydrogen-bond acceptors (Lipinski definition) is 4. The van der Waals surface area contributed by atoms with Crippen molar-refractivity contribution in [1.82, 2.24) is 4.98 Å². The molecular formula is C21H13ClFN3O2S. The van der Waals surface area contributed by atoms with Crippen LogP contribution in [-0.4, -0.2) is 16.8 Å². The van der Waals surface area contributed by atoms with E-state index in [1.807, 2.05) is 6.07 Å². The minimum absolute atomic E-state index is 0.116. The third-order valence-electron chi connectivity index (χ3n) is 4.08. The molecule has 0 fully saturated rings. The molecule has 144 valence electrons. The Balaban J connectivity index is 1.51. The van der Waals surface area contributed by atoms with E-state index in [-0.39, 0.29) is 16.5 Å². The van der Waals surface area contributed by atoms with E-state index in [1.165, 1.54) is 23.5 Å². The van der Waals surface area contributed by atoms with E-state index in [2.05, 4.69) is 15.6 Å². The van der Waals surface area contributed by atoms with Crippen molar-refractivity contribution < 1.29 is 14.0 Å². The maximum absolute atomic E-state index is 13.3. The van der Waals surface area contributed by atoms with Gasteiger partial charge in [-0.2, -0.15) is 0 Å². The highest BCUT2D eigenvalue weighted by molar-refractivity contribution is 7.22. The smallest absolute Gasteiger partial charge is 0.257 e. The van der Waals surface area contributed by atoms with Gasteiger partial charge in [0, 0.05) is 16.8 Å². The molecule has 29 heavy (non-hydrogen) atoms. The number of carbonyl (C=O) groups is 2. The average molecular weight is 426 g/mol. The van der Waals surface area contributed by atoms with Crippen LogP contribution in [0.2, 0.25) is 5.02 Å². The van der Waals surface area contributed by atoms with Crippen LogP contribution in [0.5, 0.6) is 0 Å². The summed E-state index contributed by atoms with van der Waals surface area (Å²) in [5.74, 6) is -1.24. The predicted molar refractivity (Wildman–Crippen MR) is 113 cm³/mol. The molecule has 0 unspecified atom stereocenters. The minimum atomic E-state index is -0.584. The van der Waals surface area contributed by atoms with Crippen molar-refractivity contribution in [2.75, 3.05) is 10.6 Å². The summed E-state index contributed by atoms with van der Waals surface area (Å²) in [5, 5.41) is 5.87. The van der Waals surface area contributed by atoms with E-state index in [9.17, 15) is 14.0 Å². The molecular weight excluding hydrogens is 413 g/mol. The summed E-state index contributed by atoms with van der Waals surface area (Å²) in [6, 6.07) is 17.8. The first-order chi connectivity index (χ1) is 14.0. The second kappa shape index (κ2) is 7.98. The van der Waals surface area contributed by atoms with E-state index < -0.39 is 11.7 Å². The lowest BCUT2D eigenvalue weighted by Crippen LogP contribution is -2.11. The second-order valence-corrected chi connectivity index (χ2v) is 7.54. The molecule has 0 aliphatic rings. The number of nitrogens with one attached hydrogen (secondary N) is 2. The fourth-order valence-electron chi connectivity index (χ4n) is 2.66. The van der Waals surface area contributed by atoms with Gasteiger partial charge in [-0.05, 0) is 48.5 Å². The van der Waals surface area contributed by atoms with Gasteiger partial charge in [-0.15, -0.1) is 0 Å².